The van der Waals surface area contributed by atoms with E-state index in [0.29, 0.717) is 65.6 Å². The number of hydrogen-bond acceptors (Lipinski definition) is 9. The summed E-state index contributed by atoms with van der Waals surface area (Å²) in [6.45, 7) is 11.6. The van der Waals surface area contributed by atoms with Crippen molar-refractivity contribution in [1.82, 2.24) is 4.57 Å². The Hall–Kier alpha value is -4.51. The summed E-state index contributed by atoms with van der Waals surface area (Å²) in [5, 5.41) is 0.897. The molecule has 0 radical (unpaired) electrons. The molecule has 0 aliphatic carbocycles. The number of esters is 1. The van der Waals surface area contributed by atoms with Gasteiger partial charge < -0.3 is 23.7 Å². The zero-order valence-corrected chi connectivity index (χ0v) is 31.0. The van der Waals surface area contributed by atoms with Crippen molar-refractivity contribution >= 4 is 46.6 Å². The molecule has 4 aromatic rings. The summed E-state index contributed by atoms with van der Waals surface area (Å²) in [4.78, 5) is 32.8. The van der Waals surface area contributed by atoms with Gasteiger partial charge in [-0.1, -0.05) is 52.7 Å². The maximum Gasteiger partial charge on any atom is 0.338 e. The fourth-order valence-corrected chi connectivity index (χ4v) is 7.01. The van der Waals surface area contributed by atoms with Crippen molar-refractivity contribution < 1.29 is 28.5 Å². The quantitative estimate of drug-likeness (QED) is 0.106. The van der Waals surface area contributed by atoms with Gasteiger partial charge >= 0.3 is 5.97 Å². The van der Waals surface area contributed by atoms with Gasteiger partial charge in [0.1, 0.15) is 6.61 Å². The number of allylic oxidation sites excluding steroid dienone is 2. The highest BCUT2D eigenvalue weighted by Gasteiger charge is 2.34. The summed E-state index contributed by atoms with van der Waals surface area (Å²) in [5.41, 5.74) is 3.40. The van der Waals surface area contributed by atoms with E-state index < -0.39 is 12.0 Å². The van der Waals surface area contributed by atoms with Gasteiger partial charge in [0, 0.05) is 5.56 Å². The Bertz CT molecular complexity index is 2150. The second-order valence-electron chi connectivity index (χ2n) is 11.6. The van der Waals surface area contributed by atoms with Crippen LogP contribution < -0.4 is 33.8 Å². The maximum atomic E-state index is 14.3. The lowest BCUT2D eigenvalue weighted by Gasteiger charge is -2.25. The molecule has 5 rings (SSSR count). The number of halogens is 2. The van der Waals surface area contributed by atoms with Crippen LogP contribution in [0.5, 0.6) is 23.0 Å². The van der Waals surface area contributed by atoms with Gasteiger partial charge in [0.15, 0.2) is 27.8 Å². The largest absolute Gasteiger partial charge is 0.493 e. The molecule has 3 aromatic carbocycles. The van der Waals surface area contributed by atoms with Gasteiger partial charge in [0.05, 0.1) is 58.8 Å². The van der Waals surface area contributed by atoms with Gasteiger partial charge in [-0.2, -0.15) is 0 Å². The Kier molecular flexibility index (Phi) is 11.8. The highest BCUT2D eigenvalue weighted by molar-refractivity contribution is 7.07. The minimum Gasteiger partial charge on any atom is -0.493 e. The van der Waals surface area contributed by atoms with E-state index in [0.717, 1.165) is 11.1 Å². The Balaban J connectivity index is 1.62. The maximum absolute atomic E-state index is 14.3. The number of benzene rings is 3. The minimum absolute atomic E-state index is 0.0847. The first-order valence-electron chi connectivity index (χ1n) is 15.9. The van der Waals surface area contributed by atoms with Gasteiger partial charge in [-0.3, -0.25) is 9.36 Å². The van der Waals surface area contributed by atoms with Crippen molar-refractivity contribution in [3.8, 4) is 23.0 Å². The third-order valence-corrected chi connectivity index (χ3v) is 9.51. The number of aromatic nitrogens is 1. The Morgan fingerprint density at radius 1 is 1.04 bits per heavy atom. The van der Waals surface area contributed by atoms with Crippen LogP contribution in [0.1, 0.15) is 56.0 Å². The van der Waals surface area contributed by atoms with Crippen LogP contribution in [0.2, 0.25) is 10.0 Å². The summed E-state index contributed by atoms with van der Waals surface area (Å²) in [7, 11) is 3.10. The average molecular weight is 738 g/mol. The van der Waals surface area contributed by atoms with Crippen LogP contribution in [-0.4, -0.2) is 37.5 Å². The molecule has 9 nitrogen and oxygen atoms in total. The lowest BCUT2D eigenvalue weighted by atomic mass is 9.95. The van der Waals surface area contributed by atoms with Crippen LogP contribution >= 0.6 is 34.5 Å². The first-order valence-corrected chi connectivity index (χ1v) is 17.5. The molecule has 1 aliphatic heterocycles. The van der Waals surface area contributed by atoms with Gasteiger partial charge in [0.2, 0.25) is 0 Å². The predicted molar refractivity (Wildman–Crippen MR) is 197 cm³/mol. The average Bonchev–Trinajstić information content (AvgIpc) is 3.38. The van der Waals surface area contributed by atoms with E-state index in [1.54, 1.807) is 70.6 Å². The van der Waals surface area contributed by atoms with Crippen LogP contribution in [0.15, 0.2) is 82.2 Å². The van der Waals surface area contributed by atoms with Crippen LogP contribution in [0.4, 0.5) is 0 Å². The molecule has 50 heavy (non-hydrogen) atoms. The van der Waals surface area contributed by atoms with Gasteiger partial charge in [-0.25, -0.2) is 9.79 Å². The fraction of sp³-hybridized carbons (Fsp3) is 0.289. The molecular weight excluding hydrogens is 699 g/mol. The van der Waals surface area contributed by atoms with Crippen molar-refractivity contribution in [2.45, 2.75) is 52.9 Å². The van der Waals surface area contributed by atoms with E-state index in [1.807, 2.05) is 32.0 Å². The van der Waals surface area contributed by atoms with E-state index in [2.05, 4.69) is 6.58 Å². The molecule has 0 saturated carbocycles. The van der Waals surface area contributed by atoms with Crippen molar-refractivity contribution in [3.05, 3.63) is 124 Å². The van der Waals surface area contributed by atoms with E-state index >= 15 is 0 Å². The third-order valence-electron chi connectivity index (χ3n) is 7.79. The topological polar surface area (TPSA) is 97.6 Å². The summed E-state index contributed by atoms with van der Waals surface area (Å²) in [6.07, 6.45) is 3.95. The number of methoxy groups -OCH3 is 2. The zero-order chi connectivity index (χ0) is 36.1. The van der Waals surface area contributed by atoms with Gasteiger partial charge in [-0.15, -0.1) is 6.58 Å². The normalized spacial score (nSPS) is 14.3. The highest BCUT2D eigenvalue weighted by Crippen LogP contribution is 2.37. The van der Waals surface area contributed by atoms with Crippen LogP contribution in [-0.2, 0) is 22.6 Å². The van der Waals surface area contributed by atoms with Crippen LogP contribution in [0, 0.1) is 0 Å². The molecule has 1 aromatic heterocycles. The number of nitrogens with zero attached hydrogens (tertiary/aromatic N) is 2. The Labute approximate surface area is 304 Å². The molecule has 0 N–H and O–H groups in total. The lowest BCUT2D eigenvalue weighted by Crippen LogP contribution is -2.40. The first-order chi connectivity index (χ1) is 24.0. The number of carbonyl (C=O) groups excluding carboxylic acids is 1. The second kappa shape index (κ2) is 16.0. The molecular formula is C38H38Cl2N2O7S. The van der Waals surface area contributed by atoms with Crippen molar-refractivity contribution in [2.75, 3.05) is 20.8 Å². The van der Waals surface area contributed by atoms with E-state index in [4.69, 9.17) is 51.9 Å². The third kappa shape index (κ3) is 7.78. The molecule has 0 spiro atoms. The van der Waals surface area contributed by atoms with Crippen LogP contribution in [0.3, 0.4) is 0 Å². The molecule has 1 atom stereocenters. The van der Waals surface area contributed by atoms with Gasteiger partial charge in [-0.05, 0) is 93.3 Å². The molecule has 262 valence electrons. The number of fused-ring (bicyclic) bond motifs is 1. The molecule has 0 bridgehead atoms. The van der Waals surface area contributed by atoms with E-state index in [-0.39, 0.29) is 30.5 Å². The molecule has 1 aliphatic rings. The van der Waals surface area contributed by atoms with Crippen molar-refractivity contribution in [3.63, 3.8) is 0 Å². The van der Waals surface area contributed by atoms with E-state index in [1.165, 1.54) is 15.9 Å². The molecule has 2 heterocycles. The highest BCUT2D eigenvalue weighted by atomic mass is 35.5. The van der Waals surface area contributed by atoms with Gasteiger partial charge in [0.25, 0.3) is 5.56 Å². The summed E-state index contributed by atoms with van der Waals surface area (Å²) < 4.78 is 31.0. The zero-order valence-electron chi connectivity index (χ0n) is 28.7. The van der Waals surface area contributed by atoms with E-state index in [9.17, 15) is 9.59 Å². The summed E-state index contributed by atoms with van der Waals surface area (Å²) >= 11 is 13.5. The molecule has 0 amide bonds. The molecule has 0 saturated heterocycles. The number of hydrogen-bond donors (Lipinski definition) is 0. The number of carbonyl (C=O) groups is 1. The molecule has 0 fully saturated rings. The predicted octanol–water partition coefficient (Wildman–Crippen LogP) is 7.22. The second-order valence-corrected chi connectivity index (χ2v) is 13.4. The number of thiazole rings is 1. The molecule has 0 unspecified atom stereocenters. The standard InChI is InChI=1S/C38H38Cl2N2O7S/c1-8-10-26-15-24(17-31(46-7)35(26)48-20-23-11-13-27(39)28(40)16-23)18-32-36(43)42-34(25-12-14-29(49-21(3)4)30(19-25)45-6)33(37(44)47-9-2)22(5)41-38(42)50-32/h8,11-19,21,34H,1,9-10,20H2,2-7H3/b32-18-/t34-/m1/s1. The van der Waals surface area contributed by atoms with Crippen LogP contribution in [0.25, 0.3) is 6.08 Å². The fourth-order valence-electron chi connectivity index (χ4n) is 5.64. The smallest absolute Gasteiger partial charge is 0.338 e. The minimum atomic E-state index is -0.822. The first kappa shape index (κ1) is 36.8. The SMILES string of the molecule is C=CCc1cc(/C=c2\sc3n(c2=O)[C@H](c2ccc(OC(C)C)c(OC)c2)C(C(=O)OCC)=C(C)N=3)cc(OC)c1OCc1ccc(Cl)c(Cl)c1. The Morgan fingerprint density at radius 3 is 2.46 bits per heavy atom. The molecule has 12 heteroatoms. The lowest BCUT2D eigenvalue weighted by molar-refractivity contribution is -0.139. The number of rotatable bonds is 13. The van der Waals surface area contributed by atoms with Crippen molar-refractivity contribution in [1.29, 1.82) is 0 Å². The van der Waals surface area contributed by atoms with Crippen molar-refractivity contribution in [2.24, 2.45) is 4.99 Å². The summed E-state index contributed by atoms with van der Waals surface area (Å²) in [6, 6.07) is 13.6. The monoisotopic (exact) mass is 736 g/mol. The number of ether oxygens (including phenoxy) is 5. The summed E-state index contributed by atoms with van der Waals surface area (Å²) in [5.74, 6) is 1.50. The Morgan fingerprint density at radius 2 is 1.80 bits per heavy atom.